The molecule has 0 bridgehead atoms. The van der Waals surface area contributed by atoms with Crippen molar-refractivity contribution in [3.05, 3.63) is 48.0 Å². The van der Waals surface area contributed by atoms with E-state index >= 15 is 0 Å². The minimum atomic E-state index is -3.73. The molecule has 1 aromatic heterocycles. The quantitative estimate of drug-likeness (QED) is 0.501. The Morgan fingerprint density at radius 1 is 1.03 bits per heavy atom. The molecule has 12 heteroatoms. The Morgan fingerprint density at radius 3 is 2.45 bits per heavy atom. The Hall–Kier alpha value is -3.53. The van der Waals surface area contributed by atoms with Gasteiger partial charge in [-0.3, -0.25) is 4.90 Å². The SMILES string of the molecule is COc1ccc(-c2nnn(CN3CCN(S(=O)(=O)c4ccccc4C#N)CC3)n2)cc1OC. The number of piperazine rings is 1. The highest BCUT2D eigenvalue weighted by molar-refractivity contribution is 7.89. The second-order valence-corrected chi connectivity index (χ2v) is 9.23. The van der Waals surface area contributed by atoms with Crippen LogP contribution in [0, 0.1) is 11.3 Å². The van der Waals surface area contributed by atoms with E-state index in [1.807, 2.05) is 17.0 Å². The van der Waals surface area contributed by atoms with Crippen LogP contribution in [0.3, 0.4) is 0 Å². The Bertz CT molecular complexity index is 1280. The zero-order chi connectivity index (χ0) is 23.4. The molecule has 0 spiro atoms. The fourth-order valence-electron chi connectivity index (χ4n) is 3.61. The third kappa shape index (κ3) is 4.65. The van der Waals surface area contributed by atoms with Gasteiger partial charge in [-0.2, -0.15) is 9.57 Å². The van der Waals surface area contributed by atoms with Gasteiger partial charge in [-0.25, -0.2) is 8.42 Å². The van der Waals surface area contributed by atoms with Crippen molar-refractivity contribution in [3.8, 4) is 29.0 Å². The maximum atomic E-state index is 13.0. The van der Waals surface area contributed by atoms with Gasteiger partial charge >= 0.3 is 0 Å². The molecule has 0 N–H and O–H groups in total. The summed E-state index contributed by atoms with van der Waals surface area (Å²) in [5.41, 5.74) is 0.889. The Kier molecular flexibility index (Phi) is 6.55. The van der Waals surface area contributed by atoms with Crippen LogP contribution in [0.25, 0.3) is 11.4 Å². The summed E-state index contributed by atoms with van der Waals surface area (Å²) in [5, 5.41) is 21.9. The van der Waals surface area contributed by atoms with Crippen molar-refractivity contribution in [2.75, 3.05) is 40.4 Å². The third-order valence-corrected chi connectivity index (χ3v) is 7.33. The van der Waals surface area contributed by atoms with Gasteiger partial charge in [0, 0.05) is 31.7 Å². The van der Waals surface area contributed by atoms with Gasteiger partial charge in [0.15, 0.2) is 11.5 Å². The molecule has 0 saturated carbocycles. The molecule has 1 fully saturated rings. The number of ether oxygens (including phenoxy) is 2. The van der Waals surface area contributed by atoms with E-state index in [2.05, 4.69) is 15.4 Å². The Balaban J connectivity index is 1.40. The van der Waals surface area contributed by atoms with Crippen LogP contribution in [0.2, 0.25) is 0 Å². The molecule has 1 aliphatic heterocycles. The Morgan fingerprint density at radius 2 is 1.76 bits per heavy atom. The van der Waals surface area contributed by atoms with Gasteiger partial charge in [-0.05, 0) is 35.5 Å². The van der Waals surface area contributed by atoms with Crippen molar-refractivity contribution in [1.82, 2.24) is 29.4 Å². The first-order valence-corrected chi connectivity index (χ1v) is 11.6. The Labute approximate surface area is 191 Å². The number of rotatable bonds is 7. The highest BCUT2D eigenvalue weighted by Crippen LogP contribution is 2.30. The minimum Gasteiger partial charge on any atom is -0.493 e. The molecular formula is C21H23N7O4S. The average molecular weight is 470 g/mol. The lowest BCUT2D eigenvalue weighted by Crippen LogP contribution is -2.49. The first-order valence-electron chi connectivity index (χ1n) is 10.2. The molecule has 2 aromatic carbocycles. The lowest BCUT2D eigenvalue weighted by Gasteiger charge is -2.33. The number of hydrogen-bond acceptors (Lipinski definition) is 9. The van der Waals surface area contributed by atoms with E-state index in [1.54, 1.807) is 38.5 Å². The highest BCUT2D eigenvalue weighted by Gasteiger charge is 2.30. The molecular weight excluding hydrogens is 446 g/mol. The minimum absolute atomic E-state index is 0.0402. The first-order chi connectivity index (χ1) is 16.0. The van der Waals surface area contributed by atoms with Crippen LogP contribution in [-0.2, 0) is 16.7 Å². The summed E-state index contributed by atoms with van der Waals surface area (Å²) >= 11 is 0. The van der Waals surface area contributed by atoms with E-state index in [1.165, 1.54) is 21.2 Å². The predicted molar refractivity (Wildman–Crippen MR) is 118 cm³/mol. The fourth-order valence-corrected chi connectivity index (χ4v) is 5.17. The summed E-state index contributed by atoms with van der Waals surface area (Å²) in [4.78, 5) is 3.56. The van der Waals surface area contributed by atoms with Crippen LogP contribution in [0.1, 0.15) is 5.56 Å². The van der Waals surface area contributed by atoms with Gasteiger partial charge in [0.25, 0.3) is 0 Å². The first kappa shape index (κ1) is 22.7. The van der Waals surface area contributed by atoms with E-state index in [-0.39, 0.29) is 10.5 Å². The van der Waals surface area contributed by atoms with Gasteiger partial charge in [0.2, 0.25) is 15.8 Å². The van der Waals surface area contributed by atoms with Gasteiger partial charge in [-0.1, -0.05) is 12.1 Å². The van der Waals surface area contributed by atoms with E-state index < -0.39 is 10.0 Å². The van der Waals surface area contributed by atoms with Crippen molar-refractivity contribution in [2.24, 2.45) is 0 Å². The second-order valence-electron chi connectivity index (χ2n) is 7.33. The lowest BCUT2D eigenvalue weighted by atomic mass is 10.2. The summed E-state index contributed by atoms with van der Waals surface area (Å²) in [6.45, 7) is 1.99. The maximum absolute atomic E-state index is 13.0. The van der Waals surface area contributed by atoms with Crippen molar-refractivity contribution in [2.45, 2.75) is 11.6 Å². The number of benzene rings is 2. The largest absolute Gasteiger partial charge is 0.493 e. The maximum Gasteiger partial charge on any atom is 0.244 e. The smallest absolute Gasteiger partial charge is 0.244 e. The third-order valence-electron chi connectivity index (χ3n) is 5.38. The summed E-state index contributed by atoms with van der Waals surface area (Å²) < 4.78 is 38.0. The van der Waals surface area contributed by atoms with Crippen molar-refractivity contribution >= 4 is 10.0 Å². The summed E-state index contributed by atoms with van der Waals surface area (Å²) in [6.07, 6.45) is 0. The normalized spacial score (nSPS) is 15.2. The van der Waals surface area contributed by atoms with Crippen LogP contribution >= 0.6 is 0 Å². The number of methoxy groups -OCH3 is 2. The number of tetrazole rings is 1. The molecule has 11 nitrogen and oxygen atoms in total. The number of sulfonamides is 1. The van der Waals surface area contributed by atoms with Crippen LogP contribution in [-0.4, -0.2) is 78.2 Å². The topological polar surface area (TPSA) is 126 Å². The summed E-state index contributed by atoms with van der Waals surface area (Å²) in [6, 6.07) is 13.6. The van der Waals surface area contributed by atoms with Gasteiger partial charge in [-0.15, -0.1) is 15.0 Å². The standard InChI is InChI=1S/C21H23N7O4S/c1-31-18-8-7-16(13-19(18)32-2)21-23-25-28(24-21)15-26-9-11-27(12-10-26)33(29,30)20-6-4-3-5-17(20)14-22/h3-8,13H,9-12,15H2,1-2H3. The highest BCUT2D eigenvalue weighted by atomic mass is 32.2. The average Bonchev–Trinajstić information content (AvgIpc) is 3.32. The van der Waals surface area contributed by atoms with Gasteiger partial charge < -0.3 is 9.47 Å². The van der Waals surface area contributed by atoms with Crippen LogP contribution < -0.4 is 9.47 Å². The molecule has 172 valence electrons. The van der Waals surface area contributed by atoms with Crippen LogP contribution in [0.5, 0.6) is 11.5 Å². The molecule has 33 heavy (non-hydrogen) atoms. The molecule has 3 aromatic rings. The van der Waals surface area contributed by atoms with E-state index in [0.29, 0.717) is 50.2 Å². The van der Waals surface area contributed by atoms with Gasteiger partial charge in [0.1, 0.15) is 12.7 Å². The molecule has 1 aliphatic rings. The number of nitriles is 1. The van der Waals surface area contributed by atoms with Gasteiger partial charge in [0.05, 0.1) is 24.7 Å². The van der Waals surface area contributed by atoms with E-state index in [9.17, 15) is 13.7 Å². The monoisotopic (exact) mass is 469 g/mol. The molecule has 0 radical (unpaired) electrons. The summed E-state index contributed by atoms with van der Waals surface area (Å²) in [5.74, 6) is 1.63. The fraction of sp³-hybridized carbons (Fsp3) is 0.333. The molecule has 0 amide bonds. The van der Waals surface area contributed by atoms with Crippen molar-refractivity contribution < 1.29 is 17.9 Å². The number of hydrogen-bond donors (Lipinski definition) is 0. The number of nitrogens with zero attached hydrogens (tertiary/aromatic N) is 7. The zero-order valence-corrected chi connectivity index (χ0v) is 19.1. The van der Waals surface area contributed by atoms with E-state index in [0.717, 1.165) is 5.56 Å². The summed E-state index contributed by atoms with van der Waals surface area (Å²) in [7, 11) is -0.605. The molecule has 4 rings (SSSR count). The molecule has 0 unspecified atom stereocenters. The predicted octanol–water partition coefficient (Wildman–Crippen LogP) is 1.19. The van der Waals surface area contributed by atoms with Crippen LogP contribution in [0.15, 0.2) is 47.4 Å². The lowest BCUT2D eigenvalue weighted by molar-refractivity contribution is 0.136. The molecule has 2 heterocycles. The molecule has 0 atom stereocenters. The second kappa shape index (κ2) is 9.53. The number of aromatic nitrogens is 4. The molecule has 1 saturated heterocycles. The van der Waals surface area contributed by atoms with Crippen LogP contribution in [0.4, 0.5) is 0 Å². The van der Waals surface area contributed by atoms with E-state index in [4.69, 9.17) is 9.47 Å². The van der Waals surface area contributed by atoms with Crippen molar-refractivity contribution in [3.63, 3.8) is 0 Å². The van der Waals surface area contributed by atoms with Crippen molar-refractivity contribution in [1.29, 1.82) is 5.26 Å². The zero-order valence-electron chi connectivity index (χ0n) is 18.2. The molecule has 0 aliphatic carbocycles.